The van der Waals surface area contributed by atoms with Crippen molar-refractivity contribution in [1.29, 1.82) is 0 Å². The molecule has 0 N–H and O–H groups in total. The minimum absolute atomic E-state index is 0. The van der Waals surface area contributed by atoms with Gasteiger partial charge in [0.2, 0.25) is 0 Å². The second-order valence-corrected chi connectivity index (χ2v) is 2.60. The number of carbonyl (C=O) groups excluding carboxylic acids is 2. The molecule has 0 aliphatic rings. The second-order valence-electron chi connectivity index (χ2n) is 2.60. The minimum Gasteiger partial charge on any atom is -0.646 e. The van der Waals surface area contributed by atoms with E-state index in [4.69, 9.17) is 0 Å². The molecule has 0 spiro atoms. The molecule has 11 heavy (non-hydrogen) atoms. The molecule has 0 atom stereocenters. The molecule has 0 saturated carbocycles. The van der Waals surface area contributed by atoms with Gasteiger partial charge >= 0.3 is 18.9 Å². The molecular formula is C7H12LiNO2. The number of rotatable bonds is 3. The Morgan fingerprint density at radius 3 is 2.09 bits per heavy atom. The monoisotopic (exact) mass is 149 g/mol. The Balaban J connectivity index is 0. The molecule has 3 nitrogen and oxygen atoms in total. The van der Waals surface area contributed by atoms with Gasteiger partial charge in [-0.15, -0.1) is 6.54 Å². The second kappa shape index (κ2) is 6.45. The number of nitrogens with zero attached hydrogens (tertiary/aromatic N) is 1. The van der Waals surface area contributed by atoms with Crippen LogP contribution in [0.25, 0.3) is 5.32 Å². The molecule has 0 aliphatic heterocycles. The summed E-state index contributed by atoms with van der Waals surface area (Å²) in [6.07, 6.45) is 0. The Bertz CT molecular complexity index is 145. The standard InChI is InChI=1S/C7H13NO2.Li/c1-5(2)4-8-7(10)6(3)9;/h5H,4H2,1-3H3,(H,8,10);/q;+1/p-1. The van der Waals surface area contributed by atoms with E-state index in [0.29, 0.717) is 12.5 Å². The number of carbonyl (C=O) groups is 2. The van der Waals surface area contributed by atoms with Crippen LogP contribution >= 0.6 is 0 Å². The topological polar surface area (TPSA) is 48.2 Å². The quantitative estimate of drug-likeness (QED) is 0.349. The summed E-state index contributed by atoms with van der Waals surface area (Å²) in [7, 11) is 0. The average molecular weight is 149 g/mol. The number of hydrogen-bond acceptors (Lipinski definition) is 2. The van der Waals surface area contributed by atoms with Crippen LogP contribution in [-0.2, 0) is 9.59 Å². The van der Waals surface area contributed by atoms with Gasteiger partial charge in [0.15, 0.2) is 5.78 Å². The van der Waals surface area contributed by atoms with E-state index in [-0.39, 0.29) is 18.9 Å². The molecule has 0 unspecified atom stereocenters. The third-order valence-corrected chi connectivity index (χ3v) is 0.901. The van der Waals surface area contributed by atoms with Gasteiger partial charge in [0.05, 0.1) is 0 Å². The Labute approximate surface area is 79.1 Å². The Morgan fingerprint density at radius 2 is 1.82 bits per heavy atom. The van der Waals surface area contributed by atoms with Crippen LogP contribution in [0, 0.1) is 5.92 Å². The van der Waals surface area contributed by atoms with Crippen molar-refractivity contribution < 1.29 is 28.4 Å². The van der Waals surface area contributed by atoms with Gasteiger partial charge in [-0.1, -0.05) is 19.8 Å². The molecule has 0 saturated heterocycles. The molecular weight excluding hydrogens is 137 g/mol. The molecule has 0 aromatic rings. The van der Waals surface area contributed by atoms with E-state index in [2.05, 4.69) is 5.32 Å². The molecule has 0 rings (SSSR count). The fraction of sp³-hybridized carbons (Fsp3) is 0.714. The van der Waals surface area contributed by atoms with Crippen LogP contribution in [0.1, 0.15) is 20.8 Å². The van der Waals surface area contributed by atoms with Gasteiger partial charge in [0.25, 0.3) is 0 Å². The largest absolute Gasteiger partial charge is 1.00 e. The fourth-order valence-electron chi connectivity index (χ4n) is 0.377. The van der Waals surface area contributed by atoms with Gasteiger partial charge in [-0.25, -0.2) is 0 Å². The summed E-state index contributed by atoms with van der Waals surface area (Å²) in [6.45, 7) is 5.55. The summed E-state index contributed by atoms with van der Waals surface area (Å²) in [5, 5.41) is 3.53. The van der Waals surface area contributed by atoms with E-state index in [1.165, 1.54) is 6.92 Å². The van der Waals surface area contributed by atoms with Crippen molar-refractivity contribution in [3.63, 3.8) is 0 Å². The number of Topliss-reactive ketones (excluding diaryl/α,β-unsaturated/α-hetero) is 1. The smallest absolute Gasteiger partial charge is 0.646 e. The maximum atomic E-state index is 10.5. The van der Waals surface area contributed by atoms with Crippen molar-refractivity contribution in [2.75, 3.05) is 6.54 Å². The van der Waals surface area contributed by atoms with E-state index in [0.717, 1.165) is 0 Å². The molecule has 4 heteroatoms. The summed E-state index contributed by atoms with van der Waals surface area (Å²) in [5.41, 5.74) is 0. The Hall–Kier alpha value is -0.263. The third-order valence-electron chi connectivity index (χ3n) is 0.901. The molecule has 1 amide bonds. The van der Waals surface area contributed by atoms with Gasteiger partial charge in [0, 0.05) is 6.92 Å². The van der Waals surface area contributed by atoms with Crippen molar-refractivity contribution in [3.05, 3.63) is 5.32 Å². The van der Waals surface area contributed by atoms with Gasteiger partial charge in [-0.2, -0.15) is 0 Å². The van der Waals surface area contributed by atoms with E-state index >= 15 is 0 Å². The number of amides is 1. The van der Waals surface area contributed by atoms with Gasteiger partial charge < -0.3 is 10.1 Å². The Kier molecular flexibility index (Phi) is 7.82. The molecule has 0 aromatic carbocycles. The molecule has 58 valence electrons. The van der Waals surface area contributed by atoms with Crippen molar-refractivity contribution in [3.8, 4) is 0 Å². The van der Waals surface area contributed by atoms with Gasteiger partial charge in [0.1, 0.15) is 5.91 Å². The average Bonchev–Trinajstić information content (AvgIpc) is 1.82. The molecule has 0 aromatic heterocycles. The van der Waals surface area contributed by atoms with Gasteiger partial charge in [-0.3, -0.25) is 4.79 Å². The maximum absolute atomic E-state index is 10.5. The van der Waals surface area contributed by atoms with Crippen LogP contribution < -0.4 is 18.9 Å². The van der Waals surface area contributed by atoms with E-state index in [9.17, 15) is 9.59 Å². The first-order valence-electron chi connectivity index (χ1n) is 3.26. The fourth-order valence-corrected chi connectivity index (χ4v) is 0.377. The van der Waals surface area contributed by atoms with Crippen molar-refractivity contribution in [1.82, 2.24) is 0 Å². The summed E-state index contributed by atoms with van der Waals surface area (Å²) >= 11 is 0. The normalized spacial score (nSPS) is 8.73. The number of ketones is 1. The first-order chi connectivity index (χ1) is 4.54. The van der Waals surface area contributed by atoms with Crippen LogP contribution in [0.15, 0.2) is 0 Å². The summed E-state index contributed by atoms with van der Waals surface area (Å²) in [5.74, 6) is -0.766. The van der Waals surface area contributed by atoms with Crippen molar-refractivity contribution >= 4 is 11.7 Å². The molecule has 0 radical (unpaired) electrons. The Morgan fingerprint density at radius 1 is 1.36 bits per heavy atom. The first-order valence-corrected chi connectivity index (χ1v) is 3.26. The van der Waals surface area contributed by atoms with Gasteiger partial charge in [-0.05, 0) is 0 Å². The molecule has 0 bridgehead atoms. The third kappa shape index (κ3) is 7.64. The van der Waals surface area contributed by atoms with Crippen LogP contribution in [0.2, 0.25) is 0 Å². The molecule has 0 heterocycles. The molecule has 0 fully saturated rings. The first kappa shape index (κ1) is 13.3. The molecule has 0 aliphatic carbocycles. The van der Waals surface area contributed by atoms with Crippen molar-refractivity contribution in [2.24, 2.45) is 5.92 Å². The SMILES string of the molecule is CC(=O)C(=O)[N-]CC(C)C.[Li+]. The van der Waals surface area contributed by atoms with Crippen LogP contribution in [-0.4, -0.2) is 18.2 Å². The number of hydrogen-bond donors (Lipinski definition) is 0. The van der Waals surface area contributed by atoms with Crippen LogP contribution in [0.5, 0.6) is 0 Å². The zero-order chi connectivity index (χ0) is 8.15. The summed E-state index contributed by atoms with van der Waals surface area (Å²) in [6, 6.07) is 0. The van der Waals surface area contributed by atoms with E-state index in [1.54, 1.807) is 0 Å². The maximum Gasteiger partial charge on any atom is 1.00 e. The van der Waals surface area contributed by atoms with Crippen LogP contribution in [0.4, 0.5) is 0 Å². The van der Waals surface area contributed by atoms with Crippen molar-refractivity contribution in [2.45, 2.75) is 20.8 Å². The minimum atomic E-state index is -0.617. The zero-order valence-corrected chi connectivity index (χ0v) is 7.55. The zero-order valence-electron chi connectivity index (χ0n) is 7.55. The predicted octanol–water partition coefficient (Wildman–Crippen LogP) is -1.86. The predicted molar refractivity (Wildman–Crippen MR) is 38.8 cm³/mol. The summed E-state index contributed by atoms with van der Waals surface area (Å²) in [4.78, 5) is 20.8. The summed E-state index contributed by atoms with van der Waals surface area (Å²) < 4.78 is 0. The van der Waals surface area contributed by atoms with E-state index < -0.39 is 11.7 Å². The van der Waals surface area contributed by atoms with E-state index in [1.807, 2.05) is 13.8 Å². The van der Waals surface area contributed by atoms with Crippen LogP contribution in [0.3, 0.4) is 0 Å².